The Hall–Kier alpha value is -5.70. The molecule has 8 nitrogen and oxygen atoms in total. The molecule has 4 aromatic carbocycles. The first-order valence-corrected chi connectivity index (χ1v) is 13.9. The molecule has 2 aromatic heterocycles. The predicted molar refractivity (Wildman–Crippen MR) is 165 cm³/mol. The lowest BCUT2D eigenvalue weighted by Crippen LogP contribution is -2.34. The highest BCUT2D eigenvalue weighted by Crippen LogP contribution is 2.48. The van der Waals surface area contributed by atoms with Crippen LogP contribution in [0.15, 0.2) is 109 Å². The summed E-state index contributed by atoms with van der Waals surface area (Å²) in [4.78, 5) is 31.3. The molecule has 0 fully saturated rings. The average Bonchev–Trinajstić information content (AvgIpc) is 3.38. The third-order valence-corrected chi connectivity index (χ3v) is 7.52. The number of carbonyl (C=O) groups excluding carboxylic acids is 2. The molecule has 0 aliphatic heterocycles. The fourth-order valence-corrected chi connectivity index (χ4v) is 5.40. The Morgan fingerprint density at radius 3 is 2.16 bits per heavy atom. The number of methoxy groups -OCH3 is 1. The van der Waals surface area contributed by atoms with E-state index in [1.807, 2.05) is 60.7 Å². The van der Waals surface area contributed by atoms with Crippen LogP contribution in [0.5, 0.6) is 11.6 Å². The van der Waals surface area contributed by atoms with Crippen molar-refractivity contribution in [1.29, 1.82) is 0 Å². The maximum absolute atomic E-state index is 13.6. The van der Waals surface area contributed by atoms with E-state index >= 15 is 0 Å². The number of pyridine rings is 1. The van der Waals surface area contributed by atoms with Crippen molar-refractivity contribution in [1.82, 2.24) is 9.55 Å². The van der Waals surface area contributed by atoms with Gasteiger partial charge in [0, 0.05) is 30.2 Å². The normalized spacial score (nSPS) is 11.2. The molecular weight excluding hydrogens is 561 g/mol. The number of esters is 1. The van der Waals surface area contributed by atoms with Crippen LogP contribution in [0.4, 0.5) is 10.1 Å². The molecule has 0 unspecified atom stereocenters. The molecule has 44 heavy (non-hydrogen) atoms. The van der Waals surface area contributed by atoms with Crippen molar-refractivity contribution in [2.45, 2.75) is 12.6 Å². The third kappa shape index (κ3) is 5.20. The zero-order valence-electron chi connectivity index (χ0n) is 24.0. The highest BCUT2D eigenvalue weighted by atomic mass is 19.1. The highest BCUT2D eigenvalue weighted by Gasteiger charge is 2.30. The summed E-state index contributed by atoms with van der Waals surface area (Å²) in [6.45, 7) is 0.193. The van der Waals surface area contributed by atoms with Crippen molar-refractivity contribution in [2.75, 3.05) is 19.1 Å². The molecule has 1 amide bonds. The Morgan fingerprint density at radius 2 is 1.55 bits per heavy atom. The van der Waals surface area contributed by atoms with Gasteiger partial charge in [0.15, 0.2) is 5.75 Å². The zero-order chi connectivity index (χ0) is 30.8. The number of carbonyl (C=O) groups is 2. The van der Waals surface area contributed by atoms with E-state index in [9.17, 15) is 19.1 Å². The Bertz CT molecular complexity index is 1940. The number of anilines is 1. The minimum absolute atomic E-state index is 0.146. The van der Waals surface area contributed by atoms with Gasteiger partial charge in [-0.2, -0.15) is 0 Å². The van der Waals surface area contributed by atoms with Gasteiger partial charge in [-0.15, -0.1) is 0 Å². The first-order chi connectivity index (χ1) is 21.4. The quantitative estimate of drug-likeness (QED) is 0.171. The number of benzene rings is 4. The van der Waals surface area contributed by atoms with Gasteiger partial charge in [0.2, 0.25) is 5.88 Å². The minimum Gasteiger partial charge on any atom is -0.494 e. The predicted octanol–water partition coefficient (Wildman–Crippen LogP) is 6.39. The van der Waals surface area contributed by atoms with Gasteiger partial charge in [-0.05, 0) is 41.0 Å². The second-order valence-electron chi connectivity index (χ2n) is 10.2. The van der Waals surface area contributed by atoms with Gasteiger partial charge in [0.05, 0.1) is 24.7 Å². The number of amides is 1. The van der Waals surface area contributed by atoms with Crippen LogP contribution in [0.25, 0.3) is 21.7 Å². The van der Waals surface area contributed by atoms with Crippen LogP contribution in [-0.4, -0.2) is 40.7 Å². The van der Waals surface area contributed by atoms with E-state index in [1.165, 1.54) is 24.1 Å². The fourth-order valence-electron chi connectivity index (χ4n) is 5.40. The summed E-state index contributed by atoms with van der Waals surface area (Å²) in [5, 5.41) is 13.1. The van der Waals surface area contributed by atoms with E-state index in [0.29, 0.717) is 33.1 Å². The molecule has 0 atom stereocenters. The number of nitrogens with zero attached hydrogens (tertiary/aromatic N) is 3. The van der Waals surface area contributed by atoms with E-state index in [2.05, 4.69) is 4.98 Å². The molecule has 220 valence electrons. The molecule has 0 aliphatic carbocycles. The monoisotopic (exact) mass is 589 g/mol. The number of rotatable bonds is 7. The number of aromatic hydroxyl groups is 1. The Morgan fingerprint density at radius 1 is 0.909 bits per heavy atom. The maximum Gasteiger partial charge on any atom is 0.397 e. The molecule has 1 N–H and O–H groups in total. The van der Waals surface area contributed by atoms with Crippen molar-refractivity contribution in [3.8, 4) is 11.6 Å². The molecule has 2 heterocycles. The van der Waals surface area contributed by atoms with E-state index in [4.69, 9.17) is 9.47 Å². The molecular formula is C35H28FN3O5. The number of hydrogen-bond donors (Lipinski definition) is 1. The third-order valence-electron chi connectivity index (χ3n) is 7.52. The molecule has 0 aliphatic rings. The summed E-state index contributed by atoms with van der Waals surface area (Å²) < 4.78 is 26.8. The summed E-state index contributed by atoms with van der Waals surface area (Å²) >= 11 is 0. The van der Waals surface area contributed by atoms with Crippen LogP contribution in [0.3, 0.4) is 0 Å². The van der Waals surface area contributed by atoms with Crippen molar-refractivity contribution in [3.63, 3.8) is 0 Å². The second-order valence-corrected chi connectivity index (χ2v) is 10.2. The minimum atomic E-state index is -1.04. The number of fused-ring (bicyclic) bond motifs is 2. The lowest BCUT2D eigenvalue weighted by molar-refractivity contribution is -0.151. The second kappa shape index (κ2) is 11.9. The van der Waals surface area contributed by atoms with E-state index in [1.54, 1.807) is 41.2 Å². The summed E-state index contributed by atoms with van der Waals surface area (Å²) in [5.74, 6) is -2.16. The zero-order valence-corrected chi connectivity index (χ0v) is 24.0. The van der Waals surface area contributed by atoms with Crippen molar-refractivity contribution < 1.29 is 28.6 Å². The van der Waals surface area contributed by atoms with E-state index < -0.39 is 18.0 Å². The molecule has 0 saturated heterocycles. The Labute approximate surface area is 252 Å². The van der Waals surface area contributed by atoms with Crippen LogP contribution in [0.2, 0.25) is 0 Å². The van der Waals surface area contributed by atoms with Crippen LogP contribution < -0.4 is 9.64 Å². The van der Waals surface area contributed by atoms with Gasteiger partial charge in [0.25, 0.3) is 0 Å². The molecule has 6 rings (SSSR count). The smallest absolute Gasteiger partial charge is 0.397 e. The van der Waals surface area contributed by atoms with Crippen molar-refractivity contribution in [2.24, 2.45) is 0 Å². The van der Waals surface area contributed by atoms with Crippen molar-refractivity contribution >= 4 is 39.2 Å². The van der Waals surface area contributed by atoms with Crippen LogP contribution >= 0.6 is 0 Å². The standard InChI is InChI=1S/C35H28FN3O5/c1-38(34(41)35(42)43-2)30-26-14-9-19-37-29(26)32(44-31(23-10-5-3-6-11-23)24-12-7-4-8-13-24)28-27(30)21-39(33(28)40)20-22-15-17-25(36)18-16-22/h3-19,21,31,40H,20H2,1-2H3. The fraction of sp³-hybridized carbons (Fsp3) is 0.114. The van der Waals surface area contributed by atoms with Gasteiger partial charge in [0.1, 0.15) is 17.4 Å². The highest BCUT2D eigenvalue weighted by molar-refractivity contribution is 6.40. The summed E-state index contributed by atoms with van der Waals surface area (Å²) in [5.41, 5.74) is 3.21. The van der Waals surface area contributed by atoms with Gasteiger partial charge in [-0.1, -0.05) is 72.8 Å². The molecule has 0 spiro atoms. The molecule has 0 saturated carbocycles. The number of likely N-dealkylation sites (N-methyl/N-ethyl adjacent to an activating group) is 1. The van der Waals surface area contributed by atoms with Gasteiger partial charge >= 0.3 is 11.9 Å². The summed E-state index contributed by atoms with van der Waals surface area (Å²) in [6.07, 6.45) is 2.70. The Kier molecular flexibility index (Phi) is 7.68. The lowest BCUT2D eigenvalue weighted by atomic mass is 10.0. The topological polar surface area (TPSA) is 93.9 Å². The first-order valence-electron chi connectivity index (χ1n) is 13.9. The van der Waals surface area contributed by atoms with Gasteiger partial charge in [-0.25, -0.2) is 9.18 Å². The van der Waals surface area contributed by atoms with Crippen LogP contribution in [0.1, 0.15) is 22.8 Å². The SMILES string of the molecule is COC(=O)C(=O)N(C)c1c2cccnc2c(OC(c2ccccc2)c2ccccc2)c2c(O)n(Cc3ccc(F)cc3)cc12. The van der Waals surface area contributed by atoms with Crippen molar-refractivity contribution in [3.05, 3.63) is 132 Å². The maximum atomic E-state index is 13.6. The molecule has 9 heteroatoms. The van der Waals surface area contributed by atoms with E-state index in [-0.39, 0.29) is 18.2 Å². The van der Waals surface area contributed by atoms with Crippen LogP contribution in [-0.2, 0) is 20.9 Å². The van der Waals surface area contributed by atoms with Gasteiger partial charge in [-0.3, -0.25) is 9.78 Å². The van der Waals surface area contributed by atoms with Crippen LogP contribution in [0, 0.1) is 5.82 Å². The number of ether oxygens (including phenoxy) is 2. The summed E-state index contributed by atoms with van der Waals surface area (Å²) in [6, 6.07) is 28.8. The Balaban J connectivity index is 1.63. The number of aromatic nitrogens is 2. The molecule has 6 aromatic rings. The largest absolute Gasteiger partial charge is 0.494 e. The van der Waals surface area contributed by atoms with E-state index in [0.717, 1.165) is 23.8 Å². The molecule has 0 radical (unpaired) electrons. The average molecular weight is 590 g/mol. The lowest BCUT2D eigenvalue weighted by Gasteiger charge is -2.24. The molecule has 0 bridgehead atoms. The number of hydrogen-bond acceptors (Lipinski definition) is 6. The first kappa shape index (κ1) is 28.4. The summed E-state index contributed by atoms with van der Waals surface area (Å²) in [7, 11) is 2.60. The van der Waals surface area contributed by atoms with Gasteiger partial charge < -0.3 is 24.0 Å². The number of halogens is 1.